The third-order valence-corrected chi connectivity index (χ3v) is 9.57. The molecule has 0 aromatic carbocycles. The quantitative estimate of drug-likeness (QED) is 0.698. The highest BCUT2D eigenvalue weighted by Crippen LogP contribution is 2.40. The van der Waals surface area contributed by atoms with Crippen LogP contribution in [0.2, 0.25) is 25.2 Å². The maximum Gasteiger partial charge on any atom is 0.265 e. The molecule has 1 saturated heterocycles. The van der Waals surface area contributed by atoms with Gasteiger partial charge >= 0.3 is 0 Å². The fourth-order valence-corrected chi connectivity index (χ4v) is 7.20. The summed E-state index contributed by atoms with van der Waals surface area (Å²) in [4.78, 5) is 20.9. The zero-order chi connectivity index (χ0) is 17.6. The van der Waals surface area contributed by atoms with Gasteiger partial charge in [0.1, 0.15) is 10.7 Å². The van der Waals surface area contributed by atoms with Crippen molar-refractivity contribution in [2.45, 2.75) is 44.1 Å². The highest BCUT2D eigenvalue weighted by atomic mass is 32.1. The second kappa shape index (κ2) is 6.07. The summed E-state index contributed by atoms with van der Waals surface area (Å²) in [7, 11) is -1.06. The van der Waals surface area contributed by atoms with E-state index in [0.29, 0.717) is 11.7 Å². The summed E-state index contributed by atoms with van der Waals surface area (Å²) >= 11 is 1.61. The Labute approximate surface area is 151 Å². The van der Waals surface area contributed by atoms with Crippen LogP contribution < -0.4 is 5.73 Å². The highest BCUT2D eigenvalue weighted by Gasteiger charge is 2.32. The molecule has 2 N–H and O–H groups in total. The molecule has 0 unspecified atom stereocenters. The molecule has 1 aliphatic heterocycles. The van der Waals surface area contributed by atoms with Gasteiger partial charge in [-0.1, -0.05) is 25.2 Å². The molecular formula is C18H22N4OSSi. The second-order valence-electron chi connectivity index (χ2n) is 7.60. The van der Waals surface area contributed by atoms with Gasteiger partial charge in [0.2, 0.25) is 0 Å². The van der Waals surface area contributed by atoms with E-state index < -0.39 is 8.07 Å². The molecule has 25 heavy (non-hydrogen) atoms. The number of hydrogen-bond donors (Lipinski definition) is 1. The Morgan fingerprint density at radius 1 is 1.28 bits per heavy atom. The summed E-state index contributed by atoms with van der Waals surface area (Å²) in [5.74, 6) is -0.363. The van der Waals surface area contributed by atoms with Crippen molar-refractivity contribution in [3.8, 4) is 10.6 Å². The van der Waals surface area contributed by atoms with Crippen LogP contribution in [0.3, 0.4) is 0 Å². The van der Waals surface area contributed by atoms with E-state index in [2.05, 4.69) is 22.6 Å². The molecule has 5 nitrogen and oxygen atoms in total. The fourth-order valence-electron chi connectivity index (χ4n) is 3.72. The predicted molar refractivity (Wildman–Crippen MR) is 105 cm³/mol. The molecule has 4 rings (SSSR count). The van der Waals surface area contributed by atoms with Crippen LogP contribution in [0.15, 0.2) is 30.6 Å². The van der Waals surface area contributed by atoms with Gasteiger partial charge in [-0.15, -0.1) is 11.3 Å². The van der Waals surface area contributed by atoms with E-state index in [1.54, 1.807) is 23.7 Å². The average Bonchev–Trinajstić information content (AvgIpc) is 3.14. The number of carbonyl (C=O) groups is 1. The number of rotatable bonds is 3. The Balaban J connectivity index is 1.79. The Bertz CT molecular complexity index is 921. The van der Waals surface area contributed by atoms with Crippen LogP contribution in [0.25, 0.3) is 20.9 Å². The van der Waals surface area contributed by atoms with Crippen molar-refractivity contribution in [2.24, 2.45) is 5.73 Å². The number of thiazole rings is 1. The molecule has 1 fully saturated rings. The Kier molecular flexibility index (Phi) is 4.00. The molecular weight excluding hydrogens is 348 g/mol. The molecule has 4 heterocycles. The van der Waals surface area contributed by atoms with Gasteiger partial charge < -0.3 is 10.3 Å². The molecule has 1 amide bonds. The molecule has 130 valence electrons. The summed E-state index contributed by atoms with van der Waals surface area (Å²) in [6.45, 7) is 4.90. The Hall–Kier alpha value is -1.99. The smallest absolute Gasteiger partial charge is 0.265 e. The normalized spacial score (nSPS) is 17.8. The molecule has 1 aliphatic rings. The van der Waals surface area contributed by atoms with Gasteiger partial charge in [-0.3, -0.25) is 9.78 Å². The minimum atomic E-state index is -1.06. The number of carbonyl (C=O) groups excluding carboxylic acids is 1. The van der Waals surface area contributed by atoms with Gasteiger partial charge in [0.05, 0.1) is 4.70 Å². The molecule has 0 spiro atoms. The van der Waals surface area contributed by atoms with E-state index in [1.807, 2.05) is 18.2 Å². The number of primary amides is 1. The first-order chi connectivity index (χ1) is 11.9. The largest absolute Gasteiger partial charge is 0.364 e. The van der Waals surface area contributed by atoms with Crippen molar-refractivity contribution in [1.29, 1.82) is 0 Å². The van der Waals surface area contributed by atoms with E-state index in [4.69, 9.17) is 10.7 Å². The van der Waals surface area contributed by atoms with Crippen molar-refractivity contribution in [2.75, 3.05) is 0 Å². The van der Waals surface area contributed by atoms with Crippen LogP contribution in [0.1, 0.15) is 29.4 Å². The molecule has 0 atom stereocenters. The van der Waals surface area contributed by atoms with Crippen molar-refractivity contribution in [3.63, 3.8) is 0 Å². The first kappa shape index (κ1) is 16.5. The Morgan fingerprint density at radius 3 is 2.60 bits per heavy atom. The van der Waals surface area contributed by atoms with E-state index in [-0.39, 0.29) is 5.91 Å². The lowest BCUT2D eigenvalue weighted by Crippen LogP contribution is -2.33. The third-order valence-electron chi connectivity index (χ3n) is 5.24. The molecule has 7 heteroatoms. The van der Waals surface area contributed by atoms with Crippen molar-refractivity contribution < 1.29 is 4.79 Å². The summed E-state index contributed by atoms with van der Waals surface area (Å²) < 4.78 is 3.14. The SMILES string of the molecule is C[Si]1(C)CCC(n2c(C(N)=O)cc3sc(-c4ccncc4)nc32)CC1. The molecule has 0 saturated carbocycles. The first-order valence-electron chi connectivity index (χ1n) is 8.67. The summed E-state index contributed by atoms with van der Waals surface area (Å²) in [6.07, 6.45) is 5.78. The van der Waals surface area contributed by atoms with Crippen LogP contribution in [-0.4, -0.2) is 28.5 Å². The maximum atomic E-state index is 12.0. The van der Waals surface area contributed by atoms with Crippen LogP contribution >= 0.6 is 11.3 Å². The van der Waals surface area contributed by atoms with Gasteiger partial charge in [0.15, 0.2) is 5.65 Å². The zero-order valence-corrected chi connectivity index (χ0v) is 16.3. The number of aromatic nitrogens is 3. The maximum absolute atomic E-state index is 12.0. The summed E-state index contributed by atoms with van der Waals surface area (Å²) in [5.41, 5.74) is 8.22. The van der Waals surface area contributed by atoms with Crippen LogP contribution in [0.4, 0.5) is 0 Å². The minimum absolute atomic E-state index is 0.327. The second-order valence-corrected chi connectivity index (χ2v) is 14.0. The highest BCUT2D eigenvalue weighted by molar-refractivity contribution is 7.21. The van der Waals surface area contributed by atoms with E-state index >= 15 is 0 Å². The van der Waals surface area contributed by atoms with Crippen LogP contribution in [0, 0.1) is 0 Å². The van der Waals surface area contributed by atoms with Crippen molar-refractivity contribution in [1.82, 2.24) is 14.5 Å². The fraction of sp³-hybridized carbons (Fsp3) is 0.389. The predicted octanol–water partition coefficient (Wildman–Crippen LogP) is 4.30. The minimum Gasteiger partial charge on any atom is -0.364 e. The van der Waals surface area contributed by atoms with Crippen molar-refractivity contribution in [3.05, 3.63) is 36.3 Å². The number of fused-ring (bicyclic) bond motifs is 1. The lowest BCUT2D eigenvalue weighted by molar-refractivity contribution is 0.0989. The van der Waals surface area contributed by atoms with Gasteiger partial charge in [0.25, 0.3) is 5.91 Å². The molecule has 0 bridgehead atoms. The Morgan fingerprint density at radius 2 is 1.96 bits per heavy atom. The molecule has 3 aromatic heterocycles. The number of pyridine rings is 1. The lowest BCUT2D eigenvalue weighted by Gasteiger charge is -2.34. The molecule has 3 aromatic rings. The number of amides is 1. The van der Waals surface area contributed by atoms with Crippen LogP contribution in [0.5, 0.6) is 0 Å². The monoisotopic (exact) mass is 370 g/mol. The van der Waals surface area contributed by atoms with Crippen LogP contribution in [-0.2, 0) is 0 Å². The zero-order valence-electron chi connectivity index (χ0n) is 14.5. The van der Waals surface area contributed by atoms with Crippen molar-refractivity contribution >= 4 is 35.7 Å². The topological polar surface area (TPSA) is 73.8 Å². The van der Waals surface area contributed by atoms with E-state index in [0.717, 1.165) is 33.8 Å². The van der Waals surface area contributed by atoms with E-state index in [9.17, 15) is 4.79 Å². The number of hydrogen-bond acceptors (Lipinski definition) is 4. The lowest BCUT2D eigenvalue weighted by atomic mass is 10.1. The standard InChI is InChI=1S/C18H22N4OSSi/c1-25(2)9-5-13(6-10-25)22-14(16(19)23)11-15-17(22)21-18(24-15)12-3-7-20-8-4-12/h3-4,7-8,11,13H,5-6,9-10H2,1-2H3,(H2,19,23). The number of nitrogens with zero attached hydrogens (tertiary/aromatic N) is 3. The van der Waals surface area contributed by atoms with Gasteiger partial charge in [-0.25, -0.2) is 4.98 Å². The molecule has 0 radical (unpaired) electrons. The van der Waals surface area contributed by atoms with E-state index in [1.165, 1.54) is 12.1 Å². The van der Waals surface area contributed by atoms with Gasteiger partial charge in [-0.2, -0.15) is 0 Å². The molecule has 0 aliphatic carbocycles. The average molecular weight is 371 g/mol. The first-order valence-corrected chi connectivity index (χ1v) is 12.9. The van der Waals surface area contributed by atoms with Gasteiger partial charge in [0, 0.05) is 32.1 Å². The van der Waals surface area contributed by atoms with Gasteiger partial charge in [-0.05, 0) is 31.0 Å². The number of nitrogens with two attached hydrogens (primary N) is 1. The summed E-state index contributed by atoms with van der Waals surface area (Å²) in [6, 6.07) is 8.75. The summed E-state index contributed by atoms with van der Waals surface area (Å²) in [5, 5.41) is 0.961. The third kappa shape index (κ3) is 3.02.